The second kappa shape index (κ2) is 15.0. The van der Waals surface area contributed by atoms with E-state index in [1.807, 2.05) is 72.8 Å². The van der Waals surface area contributed by atoms with E-state index < -0.39 is 29.9 Å². The topological polar surface area (TPSA) is 143 Å². The largest absolute Gasteiger partial charge is 0.480 e. The van der Waals surface area contributed by atoms with E-state index in [2.05, 4.69) is 46.4 Å². The lowest BCUT2D eigenvalue weighted by atomic mass is 9.95. The number of carboxylic acids is 1. The number of hydrogen-bond donors (Lipinski definition) is 3. The molecule has 246 valence electrons. The van der Waals surface area contributed by atoms with Gasteiger partial charge >= 0.3 is 5.97 Å². The van der Waals surface area contributed by atoms with Gasteiger partial charge in [0.25, 0.3) is 5.91 Å². The fraction of sp³-hybridized carbons (Fsp3) is 0.243. The van der Waals surface area contributed by atoms with Gasteiger partial charge in [0.2, 0.25) is 11.8 Å². The van der Waals surface area contributed by atoms with Crippen LogP contribution in [0.1, 0.15) is 53.4 Å². The number of rotatable bonds is 12. The van der Waals surface area contributed by atoms with E-state index in [9.17, 15) is 19.5 Å². The molecule has 3 N–H and O–H groups in total. The van der Waals surface area contributed by atoms with Crippen LogP contribution in [0.5, 0.6) is 5.88 Å². The summed E-state index contributed by atoms with van der Waals surface area (Å²) < 4.78 is 5.78. The molecule has 0 spiro atoms. The van der Waals surface area contributed by atoms with Crippen LogP contribution in [-0.4, -0.2) is 49.9 Å². The maximum atomic E-state index is 13.2. The number of aliphatic carboxylic acids is 1. The van der Waals surface area contributed by atoms with Crippen molar-refractivity contribution in [1.29, 1.82) is 0 Å². The zero-order chi connectivity index (χ0) is 34.3. The molecule has 0 aliphatic carbocycles. The number of thiophene rings is 1. The Balaban J connectivity index is 1.24. The number of amides is 2. The molecular weight excluding hydrogens is 627 g/mol. The van der Waals surface area contributed by atoms with E-state index in [1.54, 1.807) is 24.7 Å². The summed E-state index contributed by atoms with van der Waals surface area (Å²) in [5.74, 6) is -1.10. The number of carboxylic acid groups (broad SMARTS) is 1. The summed E-state index contributed by atoms with van der Waals surface area (Å²) in [7, 11) is 0. The number of pyridine rings is 1. The fourth-order valence-electron chi connectivity index (χ4n) is 4.70. The number of nitrogens with zero attached hydrogens (tertiary/aromatic N) is 3. The molecular formula is C37H37N5O5S. The average Bonchev–Trinajstić information content (AvgIpc) is 3.60. The van der Waals surface area contributed by atoms with Crippen molar-refractivity contribution in [3.63, 3.8) is 0 Å². The molecule has 3 heterocycles. The van der Waals surface area contributed by atoms with Crippen LogP contribution in [0.2, 0.25) is 0 Å². The molecule has 0 saturated carbocycles. The van der Waals surface area contributed by atoms with Crippen molar-refractivity contribution in [2.24, 2.45) is 0 Å². The minimum absolute atomic E-state index is 0.121. The minimum atomic E-state index is -1.17. The molecule has 10 nitrogen and oxygen atoms in total. The molecule has 3 aromatic heterocycles. The molecule has 5 aromatic rings. The number of carbonyl (C=O) groups excluding carboxylic acids is 2. The Kier molecular flexibility index (Phi) is 10.6. The van der Waals surface area contributed by atoms with Crippen LogP contribution in [0.25, 0.3) is 22.5 Å². The van der Waals surface area contributed by atoms with Gasteiger partial charge in [-0.25, -0.2) is 15.0 Å². The van der Waals surface area contributed by atoms with E-state index in [0.29, 0.717) is 23.2 Å². The molecule has 11 heteroatoms. The summed E-state index contributed by atoms with van der Waals surface area (Å²) in [4.78, 5) is 52.7. The molecule has 0 aliphatic rings. The third kappa shape index (κ3) is 8.89. The number of hydrogen-bond acceptors (Lipinski definition) is 8. The van der Waals surface area contributed by atoms with Crippen molar-refractivity contribution >= 4 is 29.1 Å². The standard InChI is InChI=1S/C37H37N5O5S/c1-23(36(45)46)41-34(43)29(42-35(44)30-15-16-31(48-30)37(2,3)4)18-24-10-12-26(13-11-24)33-39-20-28(21-40-33)27-14-17-32(38-19-27)47-22-25-8-6-5-7-9-25/h5-17,19-21,23,29H,18,22H2,1-4H3,(H,41,43)(H,42,44)(H,45,46)/t23-,29+/m1/s1. The first-order valence-electron chi connectivity index (χ1n) is 15.4. The summed E-state index contributed by atoms with van der Waals surface area (Å²) in [5, 5.41) is 14.6. The van der Waals surface area contributed by atoms with Gasteiger partial charge in [0.1, 0.15) is 18.7 Å². The Morgan fingerprint density at radius 3 is 2.06 bits per heavy atom. The van der Waals surface area contributed by atoms with Gasteiger partial charge < -0.3 is 20.5 Å². The number of carbonyl (C=O) groups is 3. The molecule has 0 fully saturated rings. The van der Waals surface area contributed by atoms with E-state index in [0.717, 1.165) is 32.7 Å². The summed E-state index contributed by atoms with van der Waals surface area (Å²) in [5.41, 5.74) is 4.13. The van der Waals surface area contributed by atoms with E-state index in [4.69, 9.17) is 4.74 Å². The predicted molar refractivity (Wildman–Crippen MR) is 185 cm³/mol. The van der Waals surface area contributed by atoms with Crippen molar-refractivity contribution < 1.29 is 24.2 Å². The predicted octanol–water partition coefficient (Wildman–Crippen LogP) is 6.07. The molecule has 0 unspecified atom stereocenters. The van der Waals surface area contributed by atoms with Crippen LogP contribution in [0.4, 0.5) is 0 Å². The number of benzene rings is 2. The van der Waals surface area contributed by atoms with Crippen LogP contribution in [0.15, 0.2) is 97.5 Å². The first-order valence-corrected chi connectivity index (χ1v) is 16.3. The quantitative estimate of drug-likeness (QED) is 0.146. The maximum absolute atomic E-state index is 13.2. The van der Waals surface area contributed by atoms with Gasteiger partial charge in [0.05, 0.1) is 4.88 Å². The molecule has 0 bridgehead atoms. The van der Waals surface area contributed by atoms with Crippen molar-refractivity contribution in [2.75, 3.05) is 0 Å². The molecule has 2 aromatic carbocycles. The monoisotopic (exact) mass is 663 g/mol. The summed E-state index contributed by atoms with van der Waals surface area (Å²) in [6, 6.07) is 22.5. The Hall–Kier alpha value is -5.42. The fourth-order valence-corrected chi connectivity index (χ4v) is 5.66. The highest BCUT2D eigenvalue weighted by atomic mass is 32.1. The lowest BCUT2D eigenvalue weighted by Crippen LogP contribution is -2.51. The molecule has 0 radical (unpaired) electrons. The molecule has 2 amide bonds. The van der Waals surface area contributed by atoms with Gasteiger partial charge in [0.15, 0.2) is 5.82 Å². The Bertz CT molecular complexity index is 1850. The number of ether oxygens (including phenoxy) is 1. The summed E-state index contributed by atoms with van der Waals surface area (Å²) in [6.45, 7) is 8.00. The average molecular weight is 664 g/mol. The normalized spacial score (nSPS) is 12.5. The molecule has 5 rings (SSSR count). The molecule has 2 atom stereocenters. The van der Waals surface area contributed by atoms with Crippen molar-refractivity contribution in [3.8, 4) is 28.4 Å². The highest BCUT2D eigenvalue weighted by Gasteiger charge is 2.26. The number of aromatic nitrogens is 3. The van der Waals surface area contributed by atoms with E-state index in [1.165, 1.54) is 18.3 Å². The number of nitrogens with one attached hydrogen (secondary N) is 2. The Morgan fingerprint density at radius 1 is 0.792 bits per heavy atom. The van der Waals surface area contributed by atoms with Crippen molar-refractivity contribution in [2.45, 2.75) is 58.2 Å². The van der Waals surface area contributed by atoms with Gasteiger partial charge in [-0.15, -0.1) is 11.3 Å². The maximum Gasteiger partial charge on any atom is 0.325 e. The van der Waals surface area contributed by atoms with Gasteiger partial charge in [0, 0.05) is 52.6 Å². The lowest BCUT2D eigenvalue weighted by molar-refractivity contribution is -0.141. The van der Waals surface area contributed by atoms with Crippen LogP contribution in [0.3, 0.4) is 0 Å². The molecule has 48 heavy (non-hydrogen) atoms. The summed E-state index contributed by atoms with van der Waals surface area (Å²) >= 11 is 1.37. The highest BCUT2D eigenvalue weighted by molar-refractivity contribution is 7.14. The zero-order valence-corrected chi connectivity index (χ0v) is 28.0. The van der Waals surface area contributed by atoms with E-state index >= 15 is 0 Å². The van der Waals surface area contributed by atoms with Gasteiger partial charge in [-0.2, -0.15) is 0 Å². The molecule has 0 saturated heterocycles. The SMILES string of the molecule is C[C@@H](NC(=O)[C@H](Cc1ccc(-c2ncc(-c3ccc(OCc4ccccc4)nc3)cn2)cc1)NC(=O)c1ccc(C(C)(C)C)s1)C(=O)O. The third-order valence-corrected chi connectivity index (χ3v) is 9.03. The summed E-state index contributed by atoms with van der Waals surface area (Å²) in [6.07, 6.45) is 5.33. The third-order valence-electron chi connectivity index (χ3n) is 7.52. The van der Waals surface area contributed by atoms with E-state index in [-0.39, 0.29) is 11.8 Å². The van der Waals surface area contributed by atoms with Gasteiger partial charge in [-0.3, -0.25) is 14.4 Å². The van der Waals surface area contributed by atoms with Crippen LogP contribution in [0, 0.1) is 0 Å². The highest BCUT2D eigenvalue weighted by Crippen LogP contribution is 2.29. The van der Waals surface area contributed by atoms with Crippen LogP contribution < -0.4 is 15.4 Å². The van der Waals surface area contributed by atoms with Crippen molar-refractivity contribution in [3.05, 3.63) is 118 Å². The van der Waals surface area contributed by atoms with Crippen molar-refractivity contribution in [1.82, 2.24) is 25.6 Å². The Morgan fingerprint density at radius 2 is 1.46 bits per heavy atom. The Labute approximate surface area is 283 Å². The minimum Gasteiger partial charge on any atom is -0.480 e. The van der Waals surface area contributed by atoms with Gasteiger partial charge in [-0.1, -0.05) is 75.4 Å². The second-order valence-corrected chi connectivity index (χ2v) is 13.4. The zero-order valence-electron chi connectivity index (χ0n) is 27.1. The van der Waals surface area contributed by atoms with Crippen LogP contribution >= 0.6 is 11.3 Å². The smallest absolute Gasteiger partial charge is 0.325 e. The second-order valence-electron chi connectivity index (χ2n) is 12.4. The molecule has 0 aliphatic heterocycles. The van der Waals surface area contributed by atoms with Crippen LogP contribution in [-0.2, 0) is 28.0 Å². The first-order chi connectivity index (χ1) is 23.0. The van der Waals surface area contributed by atoms with Gasteiger partial charge in [-0.05, 0) is 41.7 Å². The first kappa shape index (κ1) is 33.9. The lowest BCUT2D eigenvalue weighted by Gasteiger charge is -2.20.